The Morgan fingerprint density at radius 1 is 1.40 bits per heavy atom. The Morgan fingerprint density at radius 2 is 2.30 bits per heavy atom. The number of fused-ring (bicyclic) bond motifs is 1. The topological polar surface area (TPSA) is 37.8 Å². The summed E-state index contributed by atoms with van der Waals surface area (Å²) in [5.74, 6) is 0. The summed E-state index contributed by atoms with van der Waals surface area (Å²) < 4.78 is 0. The first-order valence-electron chi connectivity index (χ1n) is 3.08. The van der Waals surface area contributed by atoms with Crippen LogP contribution in [0.25, 0.3) is 0 Å². The molecule has 1 aliphatic heterocycles. The molecule has 0 atom stereocenters. The van der Waals surface area contributed by atoms with Gasteiger partial charge in [0.25, 0.3) is 0 Å². The highest BCUT2D eigenvalue weighted by Crippen LogP contribution is 2.14. The Kier molecular flexibility index (Phi) is 1.32. The summed E-state index contributed by atoms with van der Waals surface area (Å²) >= 11 is 5.62. The lowest BCUT2D eigenvalue weighted by Crippen LogP contribution is -2.00. The summed E-state index contributed by atoms with van der Waals surface area (Å²) in [7, 11) is 0. The van der Waals surface area contributed by atoms with Gasteiger partial charge >= 0.3 is 0 Å². The Hall–Kier alpha value is -0.670. The van der Waals surface area contributed by atoms with Crippen molar-refractivity contribution in [2.24, 2.45) is 0 Å². The minimum atomic E-state index is 0.474. The third-order valence-electron chi connectivity index (χ3n) is 1.54. The van der Waals surface area contributed by atoms with Gasteiger partial charge in [0.1, 0.15) is 0 Å². The molecule has 0 saturated carbocycles. The van der Waals surface area contributed by atoms with Gasteiger partial charge in [0.2, 0.25) is 0 Å². The molecule has 3 nitrogen and oxygen atoms in total. The number of nitrogens with one attached hydrogen (secondary N) is 1. The molecule has 0 saturated heterocycles. The van der Waals surface area contributed by atoms with Crippen LogP contribution in [-0.2, 0) is 13.1 Å². The maximum absolute atomic E-state index is 5.62. The van der Waals surface area contributed by atoms with Crippen LogP contribution >= 0.6 is 11.6 Å². The molecule has 0 bridgehead atoms. The van der Waals surface area contributed by atoms with Crippen LogP contribution in [0.3, 0.4) is 0 Å². The summed E-state index contributed by atoms with van der Waals surface area (Å²) in [6, 6.07) is 1.85. The zero-order chi connectivity index (χ0) is 6.97. The van der Waals surface area contributed by atoms with E-state index in [2.05, 4.69) is 15.5 Å². The average Bonchev–Trinajstić information content (AvgIpc) is 2.33. The number of hydrogen-bond donors (Lipinski definition) is 1. The molecular weight excluding hydrogens is 150 g/mol. The van der Waals surface area contributed by atoms with Crippen molar-refractivity contribution in [2.75, 3.05) is 0 Å². The van der Waals surface area contributed by atoms with Gasteiger partial charge in [0.05, 0.1) is 5.69 Å². The molecule has 0 spiro atoms. The second-order valence-electron chi connectivity index (χ2n) is 2.24. The largest absolute Gasteiger partial charge is 0.307 e. The van der Waals surface area contributed by atoms with Crippen molar-refractivity contribution in [3.63, 3.8) is 0 Å². The number of hydrogen-bond acceptors (Lipinski definition) is 3. The van der Waals surface area contributed by atoms with Gasteiger partial charge in [0.15, 0.2) is 5.15 Å². The van der Waals surface area contributed by atoms with Crippen molar-refractivity contribution < 1.29 is 0 Å². The van der Waals surface area contributed by atoms with E-state index in [1.807, 2.05) is 6.07 Å². The Bertz CT molecular complexity index is 261. The Balaban J connectivity index is 2.52. The molecule has 1 N–H and O–H groups in total. The predicted molar refractivity (Wildman–Crippen MR) is 37.6 cm³/mol. The van der Waals surface area contributed by atoms with Crippen molar-refractivity contribution in [3.05, 3.63) is 22.5 Å². The van der Waals surface area contributed by atoms with Crippen LogP contribution in [0, 0.1) is 0 Å². The Morgan fingerprint density at radius 3 is 3.20 bits per heavy atom. The van der Waals surface area contributed by atoms with Gasteiger partial charge in [-0.05, 0) is 11.6 Å². The van der Waals surface area contributed by atoms with Gasteiger partial charge in [-0.25, -0.2) is 0 Å². The van der Waals surface area contributed by atoms with Crippen LogP contribution < -0.4 is 5.32 Å². The quantitative estimate of drug-likeness (QED) is 0.601. The number of aromatic nitrogens is 2. The average molecular weight is 156 g/mol. The molecule has 0 radical (unpaired) electrons. The van der Waals surface area contributed by atoms with E-state index in [4.69, 9.17) is 11.6 Å². The van der Waals surface area contributed by atoms with Crippen molar-refractivity contribution in [1.82, 2.24) is 15.5 Å². The molecule has 2 rings (SSSR count). The van der Waals surface area contributed by atoms with E-state index in [9.17, 15) is 0 Å². The minimum Gasteiger partial charge on any atom is -0.307 e. The predicted octanol–water partition coefficient (Wildman–Crippen LogP) is 0.733. The standard InChI is InChI=1S/C6H6ClN3/c7-6-1-4-2-8-3-5(4)9-10-6/h1,8H,2-3H2. The van der Waals surface area contributed by atoms with E-state index in [0.29, 0.717) is 5.15 Å². The van der Waals surface area contributed by atoms with Crippen LogP contribution in [0.1, 0.15) is 11.3 Å². The molecule has 1 aromatic rings. The SMILES string of the molecule is Clc1cc2c(nn1)CNC2. The molecular formula is C6H6ClN3. The van der Waals surface area contributed by atoms with Gasteiger partial charge < -0.3 is 5.32 Å². The fourth-order valence-corrected chi connectivity index (χ4v) is 1.22. The molecule has 0 unspecified atom stereocenters. The first-order valence-corrected chi connectivity index (χ1v) is 3.46. The zero-order valence-corrected chi connectivity index (χ0v) is 6.02. The third-order valence-corrected chi connectivity index (χ3v) is 1.72. The van der Waals surface area contributed by atoms with Crippen LogP contribution in [0.15, 0.2) is 6.07 Å². The van der Waals surface area contributed by atoms with Gasteiger partial charge in [-0.1, -0.05) is 11.6 Å². The molecule has 1 aromatic heterocycles. The molecule has 52 valence electrons. The second-order valence-corrected chi connectivity index (χ2v) is 2.63. The summed E-state index contributed by atoms with van der Waals surface area (Å²) in [5, 5.41) is 11.3. The highest BCUT2D eigenvalue weighted by Gasteiger charge is 2.11. The molecule has 0 fully saturated rings. The smallest absolute Gasteiger partial charge is 0.152 e. The molecule has 2 heterocycles. The summed E-state index contributed by atoms with van der Waals surface area (Å²) in [4.78, 5) is 0. The van der Waals surface area contributed by atoms with E-state index >= 15 is 0 Å². The van der Waals surface area contributed by atoms with E-state index in [-0.39, 0.29) is 0 Å². The van der Waals surface area contributed by atoms with E-state index in [0.717, 1.165) is 18.8 Å². The molecule has 0 aliphatic carbocycles. The van der Waals surface area contributed by atoms with Gasteiger partial charge in [0, 0.05) is 13.1 Å². The van der Waals surface area contributed by atoms with Crippen LogP contribution in [0.2, 0.25) is 5.15 Å². The first kappa shape index (κ1) is 6.07. The second kappa shape index (κ2) is 2.18. The lowest BCUT2D eigenvalue weighted by Gasteiger charge is -1.92. The van der Waals surface area contributed by atoms with Crippen LogP contribution in [-0.4, -0.2) is 10.2 Å². The maximum atomic E-state index is 5.62. The van der Waals surface area contributed by atoms with Gasteiger partial charge in [-0.3, -0.25) is 0 Å². The minimum absolute atomic E-state index is 0.474. The molecule has 1 aliphatic rings. The Labute approximate surface area is 63.4 Å². The maximum Gasteiger partial charge on any atom is 0.152 e. The number of halogens is 1. The monoisotopic (exact) mass is 155 g/mol. The van der Waals surface area contributed by atoms with Crippen LogP contribution in [0.5, 0.6) is 0 Å². The fourth-order valence-electron chi connectivity index (χ4n) is 1.05. The lowest BCUT2D eigenvalue weighted by molar-refractivity contribution is 0.752. The number of rotatable bonds is 0. The van der Waals surface area contributed by atoms with Crippen molar-refractivity contribution in [2.45, 2.75) is 13.1 Å². The fraction of sp³-hybridized carbons (Fsp3) is 0.333. The first-order chi connectivity index (χ1) is 4.86. The molecule has 10 heavy (non-hydrogen) atoms. The van der Waals surface area contributed by atoms with E-state index in [1.54, 1.807) is 0 Å². The molecule has 0 amide bonds. The van der Waals surface area contributed by atoms with E-state index < -0.39 is 0 Å². The summed E-state index contributed by atoms with van der Waals surface area (Å²) in [5.41, 5.74) is 2.18. The lowest BCUT2D eigenvalue weighted by atomic mass is 10.3. The van der Waals surface area contributed by atoms with Crippen molar-refractivity contribution >= 4 is 11.6 Å². The zero-order valence-electron chi connectivity index (χ0n) is 5.26. The van der Waals surface area contributed by atoms with Crippen LogP contribution in [0.4, 0.5) is 0 Å². The number of nitrogens with zero attached hydrogens (tertiary/aromatic N) is 2. The summed E-state index contributed by atoms with van der Waals surface area (Å²) in [6.07, 6.45) is 0. The highest BCUT2D eigenvalue weighted by atomic mass is 35.5. The van der Waals surface area contributed by atoms with Gasteiger partial charge in [-0.15, -0.1) is 5.10 Å². The van der Waals surface area contributed by atoms with Crippen molar-refractivity contribution in [1.29, 1.82) is 0 Å². The van der Waals surface area contributed by atoms with Crippen molar-refractivity contribution in [3.8, 4) is 0 Å². The van der Waals surface area contributed by atoms with E-state index in [1.165, 1.54) is 5.56 Å². The highest BCUT2D eigenvalue weighted by molar-refractivity contribution is 6.29. The van der Waals surface area contributed by atoms with Gasteiger partial charge in [-0.2, -0.15) is 5.10 Å². The normalized spacial score (nSPS) is 15.3. The molecule has 4 heteroatoms. The summed E-state index contributed by atoms with van der Waals surface area (Å²) in [6.45, 7) is 1.68. The molecule has 0 aromatic carbocycles. The third kappa shape index (κ3) is 0.874.